The molecule has 0 amide bonds. The van der Waals surface area contributed by atoms with Crippen molar-refractivity contribution in [2.75, 3.05) is 13.1 Å². The first-order valence-electron chi connectivity index (χ1n) is 8.36. The lowest BCUT2D eigenvalue weighted by Crippen LogP contribution is -2.42. The van der Waals surface area contributed by atoms with E-state index in [2.05, 4.69) is 4.98 Å². The lowest BCUT2D eigenvalue weighted by molar-refractivity contribution is -0.145. The van der Waals surface area contributed by atoms with Crippen molar-refractivity contribution in [3.8, 4) is 0 Å². The second-order valence-electron chi connectivity index (χ2n) is 6.20. The molecule has 1 saturated heterocycles. The van der Waals surface area contributed by atoms with Gasteiger partial charge in [-0.05, 0) is 42.2 Å². The van der Waals surface area contributed by atoms with Crippen LogP contribution in [0, 0.1) is 5.82 Å². The summed E-state index contributed by atoms with van der Waals surface area (Å²) < 4.78 is 19.0. The third kappa shape index (κ3) is 4.61. The number of carbonyl (C=O) groups is 1. The number of hydrogen-bond acceptors (Lipinski definition) is 4. The normalized spacial score (nSPS) is 17.3. The van der Waals surface area contributed by atoms with E-state index in [1.165, 1.54) is 12.1 Å². The topological polar surface area (TPSA) is 62.7 Å². The highest BCUT2D eigenvalue weighted by Gasteiger charge is 2.31. The molecule has 0 unspecified atom stereocenters. The lowest BCUT2D eigenvalue weighted by Gasteiger charge is -2.35. The maximum atomic E-state index is 13.1. The smallest absolute Gasteiger partial charge is 0.325 e. The number of ether oxygens (including phenoxy) is 1. The molecular formula is C19H21FN2O3. The zero-order chi connectivity index (χ0) is 17.6. The summed E-state index contributed by atoms with van der Waals surface area (Å²) in [4.78, 5) is 17.7. The fourth-order valence-electron chi connectivity index (χ4n) is 3.15. The van der Waals surface area contributed by atoms with E-state index in [1.807, 2.05) is 17.0 Å². The summed E-state index contributed by atoms with van der Waals surface area (Å²) >= 11 is 0. The molecule has 3 rings (SSSR count). The van der Waals surface area contributed by atoms with Crippen molar-refractivity contribution >= 4 is 5.97 Å². The van der Waals surface area contributed by atoms with Gasteiger partial charge in [-0.2, -0.15) is 0 Å². The van der Waals surface area contributed by atoms with Crippen LogP contribution in [-0.2, 0) is 16.1 Å². The van der Waals surface area contributed by atoms with Gasteiger partial charge in [0.1, 0.15) is 11.9 Å². The van der Waals surface area contributed by atoms with Gasteiger partial charge < -0.3 is 9.84 Å². The minimum Gasteiger partial charge on any atom is -0.480 e. The molecule has 1 aliphatic rings. The van der Waals surface area contributed by atoms with Gasteiger partial charge in [-0.25, -0.2) is 4.39 Å². The predicted molar refractivity (Wildman–Crippen MR) is 90.4 cm³/mol. The monoisotopic (exact) mass is 344 g/mol. The van der Waals surface area contributed by atoms with Crippen molar-refractivity contribution in [3.05, 3.63) is 65.7 Å². The van der Waals surface area contributed by atoms with E-state index < -0.39 is 12.0 Å². The Bertz CT molecular complexity index is 686. The first kappa shape index (κ1) is 17.5. The number of aromatic nitrogens is 1. The summed E-state index contributed by atoms with van der Waals surface area (Å²) in [7, 11) is 0. The summed E-state index contributed by atoms with van der Waals surface area (Å²) in [6.45, 7) is 1.77. The number of hydrogen-bond donors (Lipinski definition) is 1. The second kappa shape index (κ2) is 8.18. The molecule has 6 heteroatoms. The lowest BCUT2D eigenvalue weighted by atomic mass is 10.0. The summed E-state index contributed by atoms with van der Waals surface area (Å²) in [5.74, 6) is -1.28. The largest absolute Gasteiger partial charge is 0.480 e. The Hall–Kier alpha value is -2.31. The van der Waals surface area contributed by atoms with E-state index in [0.29, 0.717) is 25.3 Å². The van der Waals surface area contributed by atoms with E-state index >= 15 is 0 Å². The molecule has 0 aliphatic carbocycles. The molecule has 0 saturated carbocycles. The maximum Gasteiger partial charge on any atom is 0.325 e. The van der Waals surface area contributed by atoms with Crippen LogP contribution >= 0.6 is 0 Å². The molecule has 1 N–H and O–H groups in total. The molecule has 1 aliphatic heterocycles. The minimum absolute atomic E-state index is 0.110. The summed E-state index contributed by atoms with van der Waals surface area (Å²) in [5, 5.41) is 9.59. The second-order valence-corrected chi connectivity index (χ2v) is 6.20. The van der Waals surface area contributed by atoms with Gasteiger partial charge in [0.2, 0.25) is 0 Å². The summed E-state index contributed by atoms with van der Waals surface area (Å²) in [5.41, 5.74) is 1.63. The number of halogens is 1. The molecule has 2 heterocycles. The minimum atomic E-state index is -0.915. The molecule has 1 fully saturated rings. The zero-order valence-corrected chi connectivity index (χ0v) is 13.8. The van der Waals surface area contributed by atoms with Crippen molar-refractivity contribution in [3.63, 3.8) is 0 Å². The van der Waals surface area contributed by atoms with Crippen molar-refractivity contribution < 1.29 is 19.0 Å². The van der Waals surface area contributed by atoms with Crippen LogP contribution in [0.3, 0.4) is 0 Å². The number of carboxylic acids is 1. The summed E-state index contributed by atoms with van der Waals surface area (Å²) in [6, 6.07) is 8.78. The third-order valence-electron chi connectivity index (χ3n) is 4.47. The Morgan fingerprint density at radius 3 is 2.60 bits per heavy atom. The fraction of sp³-hybridized carbons (Fsp3) is 0.368. The van der Waals surface area contributed by atoms with Crippen LogP contribution in [0.5, 0.6) is 0 Å². The zero-order valence-electron chi connectivity index (χ0n) is 13.8. The van der Waals surface area contributed by atoms with Gasteiger partial charge in [-0.3, -0.25) is 14.7 Å². The number of nitrogens with zero attached hydrogens (tertiary/aromatic N) is 2. The molecule has 1 aromatic heterocycles. The van der Waals surface area contributed by atoms with Gasteiger partial charge in [0, 0.05) is 25.5 Å². The number of pyridine rings is 1. The Labute approximate surface area is 146 Å². The SMILES string of the molecule is O=C(O)[C@H](c1ccc(F)cc1)N1CCC(OCc2cccnc2)CC1. The highest BCUT2D eigenvalue weighted by molar-refractivity contribution is 5.75. The standard InChI is InChI=1S/C19H21FN2O3/c20-16-5-3-15(4-6-16)18(19(23)24)22-10-7-17(8-11-22)25-13-14-2-1-9-21-12-14/h1-6,9,12,17-18H,7-8,10-11,13H2,(H,23,24)/t18-/m0/s1. The molecule has 0 bridgehead atoms. The Morgan fingerprint density at radius 1 is 1.28 bits per heavy atom. The maximum absolute atomic E-state index is 13.1. The van der Waals surface area contributed by atoms with Crippen molar-refractivity contribution in [1.82, 2.24) is 9.88 Å². The Balaban J connectivity index is 1.56. The van der Waals surface area contributed by atoms with Crippen LogP contribution in [0.2, 0.25) is 0 Å². The Kier molecular flexibility index (Phi) is 5.73. The molecule has 5 nitrogen and oxygen atoms in total. The van der Waals surface area contributed by atoms with Gasteiger partial charge in [0.15, 0.2) is 0 Å². The van der Waals surface area contributed by atoms with Gasteiger partial charge in [-0.15, -0.1) is 0 Å². The fourth-order valence-corrected chi connectivity index (χ4v) is 3.15. The van der Waals surface area contributed by atoms with Crippen LogP contribution in [0.4, 0.5) is 4.39 Å². The molecule has 1 atom stereocenters. The van der Waals surface area contributed by atoms with Crippen molar-refractivity contribution in [1.29, 1.82) is 0 Å². The molecule has 132 valence electrons. The van der Waals surface area contributed by atoms with E-state index in [4.69, 9.17) is 4.74 Å². The summed E-state index contributed by atoms with van der Waals surface area (Å²) in [6.07, 6.45) is 5.16. The van der Waals surface area contributed by atoms with E-state index in [0.717, 1.165) is 18.4 Å². The van der Waals surface area contributed by atoms with Gasteiger partial charge in [-0.1, -0.05) is 18.2 Å². The van der Waals surface area contributed by atoms with E-state index in [-0.39, 0.29) is 11.9 Å². The molecule has 1 aromatic carbocycles. The highest BCUT2D eigenvalue weighted by atomic mass is 19.1. The molecule has 0 radical (unpaired) electrons. The number of carboxylic acid groups (broad SMARTS) is 1. The van der Waals surface area contributed by atoms with Gasteiger partial charge in [0.25, 0.3) is 0 Å². The Morgan fingerprint density at radius 2 is 2.00 bits per heavy atom. The number of likely N-dealkylation sites (tertiary alicyclic amines) is 1. The van der Waals surface area contributed by atoms with E-state index in [9.17, 15) is 14.3 Å². The predicted octanol–water partition coefficient (Wildman–Crippen LogP) is 3.03. The van der Waals surface area contributed by atoms with Crippen LogP contribution in [0.25, 0.3) is 0 Å². The number of benzene rings is 1. The first-order valence-corrected chi connectivity index (χ1v) is 8.36. The molecule has 2 aromatic rings. The van der Waals surface area contributed by atoms with Crippen LogP contribution in [-0.4, -0.2) is 40.2 Å². The van der Waals surface area contributed by atoms with Crippen molar-refractivity contribution in [2.45, 2.75) is 31.6 Å². The van der Waals surface area contributed by atoms with Gasteiger partial charge in [0.05, 0.1) is 12.7 Å². The average molecular weight is 344 g/mol. The average Bonchev–Trinajstić information content (AvgIpc) is 2.63. The van der Waals surface area contributed by atoms with Gasteiger partial charge >= 0.3 is 5.97 Å². The number of aliphatic carboxylic acids is 1. The van der Waals surface area contributed by atoms with Crippen LogP contribution in [0.15, 0.2) is 48.8 Å². The molecular weight excluding hydrogens is 323 g/mol. The van der Waals surface area contributed by atoms with Crippen molar-refractivity contribution in [2.24, 2.45) is 0 Å². The first-order chi connectivity index (χ1) is 12.1. The number of rotatable bonds is 6. The number of piperidine rings is 1. The third-order valence-corrected chi connectivity index (χ3v) is 4.47. The molecule has 25 heavy (non-hydrogen) atoms. The van der Waals surface area contributed by atoms with Crippen LogP contribution in [0.1, 0.15) is 30.0 Å². The van der Waals surface area contributed by atoms with Crippen LogP contribution < -0.4 is 0 Å². The quantitative estimate of drug-likeness (QED) is 0.873. The van der Waals surface area contributed by atoms with E-state index in [1.54, 1.807) is 24.5 Å². The molecule has 0 spiro atoms. The highest BCUT2D eigenvalue weighted by Crippen LogP contribution is 2.26.